The molecule has 1 fully saturated rings. The molecule has 1 rings (SSSR count). The molecule has 1 aliphatic rings. The second-order valence-electron chi connectivity index (χ2n) is 8.50. The van der Waals surface area contributed by atoms with Crippen molar-refractivity contribution in [3.8, 4) is 0 Å². The van der Waals surface area contributed by atoms with Crippen LogP contribution in [-0.4, -0.2) is 45.1 Å². The first-order chi connectivity index (χ1) is 10.8. The van der Waals surface area contributed by atoms with Gasteiger partial charge < -0.3 is 19.5 Å². The van der Waals surface area contributed by atoms with E-state index < -0.39 is 31.3 Å². The maximum Gasteiger partial charge on any atom is 0.332 e. The highest BCUT2D eigenvalue weighted by Gasteiger charge is 2.45. The highest BCUT2D eigenvalue weighted by atomic mass is 28.3. The van der Waals surface area contributed by atoms with Crippen LogP contribution in [0.1, 0.15) is 27.7 Å². The van der Waals surface area contributed by atoms with Crippen molar-refractivity contribution in [2.45, 2.75) is 65.3 Å². The van der Waals surface area contributed by atoms with Gasteiger partial charge in [-0.05, 0) is 19.9 Å². The number of hydrogen-bond donors (Lipinski definition) is 1. The number of esters is 1. The molecule has 24 heavy (non-hydrogen) atoms. The van der Waals surface area contributed by atoms with Gasteiger partial charge in [-0.1, -0.05) is 33.5 Å². The summed E-state index contributed by atoms with van der Waals surface area (Å²) in [5.74, 6) is -1.57. The molecule has 1 atom stereocenters. The third kappa shape index (κ3) is 7.15. The molecular formula is C17H31NO5Si. The van der Waals surface area contributed by atoms with Gasteiger partial charge in [0, 0.05) is 25.8 Å². The highest BCUT2D eigenvalue weighted by molar-refractivity contribution is 6.76. The molecule has 1 amide bonds. The molecular weight excluding hydrogens is 326 g/mol. The van der Waals surface area contributed by atoms with Crippen LogP contribution in [0.3, 0.4) is 0 Å². The fourth-order valence-electron chi connectivity index (χ4n) is 2.09. The Bertz CT molecular complexity index is 494. The van der Waals surface area contributed by atoms with Crippen molar-refractivity contribution in [3.63, 3.8) is 0 Å². The Balaban J connectivity index is 2.48. The predicted octanol–water partition coefficient (Wildman–Crippen LogP) is 2.68. The summed E-state index contributed by atoms with van der Waals surface area (Å²) in [5, 5.41) is 2.59. The molecule has 7 heteroatoms. The number of amides is 1. The number of hydrogen-bond acceptors (Lipinski definition) is 5. The Morgan fingerprint density at radius 3 is 2.46 bits per heavy atom. The van der Waals surface area contributed by atoms with Crippen LogP contribution >= 0.6 is 0 Å². The molecule has 0 aromatic carbocycles. The zero-order valence-corrected chi connectivity index (χ0v) is 16.9. The van der Waals surface area contributed by atoms with Crippen molar-refractivity contribution in [2.24, 2.45) is 5.41 Å². The first kappa shape index (κ1) is 20.9. The van der Waals surface area contributed by atoms with E-state index in [2.05, 4.69) is 25.0 Å². The molecule has 138 valence electrons. The van der Waals surface area contributed by atoms with Gasteiger partial charge in [0.1, 0.15) is 6.10 Å². The minimum Gasteiger partial charge on any atom is -0.463 e. The molecule has 0 saturated carbocycles. The highest BCUT2D eigenvalue weighted by Crippen LogP contribution is 2.34. The summed E-state index contributed by atoms with van der Waals surface area (Å²) >= 11 is 0. The molecule has 0 radical (unpaired) electrons. The third-order valence-electron chi connectivity index (χ3n) is 3.68. The van der Waals surface area contributed by atoms with Crippen LogP contribution in [0.5, 0.6) is 0 Å². The molecule has 1 heterocycles. The smallest absolute Gasteiger partial charge is 0.332 e. The van der Waals surface area contributed by atoms with Crippen molar-refractivity contribution >= 4 is 20.0 Å². The normalized spacial score (nSPS) is 23.0. The lowest BCUT2D eigenvalue weighted by atomic mass is 9.85. The first-order valence-electron chi connectivity index (χ1n) is 8.28. The zero-order valence-electron chi connectivity index (χ0n) is 15.9. The van der Waals surface area contributed by atoms with Gasteiger partial charge in [-0.25, -0.2) is 4.79 Å². The molecule has 6 nitrogen and oxygen atoms in total. The average molecular weight is 358 g/mol. The van der Waals surface area contributed by atoms with Gasteiger partial charge in [-0.2, -0.15) is 0 Å². The van der Waals surface area contributed by atoms with Gasteiger partial charge >= 0.3 is 5.97 Å². The standard InChI is InChI=1S/C17H31NO5Si/c1-16(2)12-22-17(3,4)23-14(16)15(20)18-9-8-13(19)21-10-11-24(5,6)7/h8-9,14H,10-12H2,1-7H3,(H,18,20)/b9-8+/t14-/m0/s1. The van der Waals surface area contributed by atoms with E-state index in [0.29, 0.717) is 13.2 Å². The van der Waals surface area contributed by atoms with Gasteiger partial charge in [0.25, 0.3) is 5.91 Å². The van der Waals surface area contributed by atoms with E-state index in [1.54, 1.807) is 13.8 Å². The van der Waals surface area contributed by atoms with E-state index in [1.807, 2.05) is 13.8 Å². The molecule has 0 unspecified atom stereocenters. The summed E-state index contributed by atoms with van der Waals surface area (Å²) in [5.41, 5.74) is -0.453. The molecule has 1 saturated heterocycles. The van der Waals surface area contributed by atoms with E-state index in [4.69, 9.17) is 14.2 Å². The van der Waals surface area contributed by atoms with E-state index in [0.717, 1.165) is 6.04 Å². The van der Waals surface area contributed by atoms with Gasteiger partial charge in [-0.3, -0.25) is 4.79 Å². The number of rotatable bonds is 6. The van der Waals surface area contributed by atoms with Crippen LogP contribution < -0.4 is 5.32 Å². The number of nitrogens with one attached hydrogen (secondary N) is 1. The van der Waals surface area contributed by atoms with Gasteiger partial charge in [0.2, 0.25) is 0 Å². The summed E-state index contributed by atoms with van der Waals surface area (Å²) in [6.45, 7) is 14.8. The van der Waals surface area contributed by atoms with Crippen molar-refractivity contribution in [3.05, 3.63) is 12.3 Å². The Hall–Kier alpha value is -1.18. The SMILES string of the molecule is CC1(C)OCC(C)(C)[C@H](C(=O)N/C=C/C(=O)OCC[Si](C)(C)C)O1. The minimum absolute atomic E-state index is 0.303. The molecule has 0 aromatic rings. The quantitative estimate of drug-likeness (QED) is 0.449. The maximum absolute atomic E-state index is 12.3. The van der Waals surface area contributed by atoms with E-state index >= 15 is 0 Å². The summed E-state index contributed by atoms with van der Waals surface area (Å²) in [4.78, 5) is 24.0. The monoisotopic (exact) mass is 357 g/mol. The maximum atomic E-state index is 12.3. The van der Waals surface area contributed by atoms with E-state index in [9.17, 15) is 9.59 Å². The van der Waals surface area contributed by atoms with Crippen LogP contribution in [0.2, 0.25) is 25.7 Å². The molecule has 0 spiro atoms. The lowest BCUT2D eigenvalue weighted by Crippen LogP contribution is -2.55. The minimum atomic E-state index is -1.22. The van der Waals surface area contributed by atoms with Gasteiger partial charge in [-0.15, -0.1) is 0 Å². The number of carbonyl (C=O) groups is 2. The van der Waals surface area contributed by atoms with E-state index in [1.165, 1.54) is 12.3 Å². The van der Waals surface area contributed by atoms with Crippen LogP contribution in [0.25, 0.3) is 0 Å². The van der Waals surface area contributed by atoms with Gasteiger partial charge in [0.15, 0.2) is 5.79 Å². The van der Waals surface area contributed by atoms with Crippen LogP contribution in [-0.2, 0) is 23.8 Å². The predicted molar refractivity (Wildman–Crippen MR) is 95.1 cm³/mol. The largest absolute Gasteiger partial charge is 0.463 e. The van der Waals surface area contributed by atoms with E-state index in [-0.39, 0.29) is 5.91 Å². The lowest BCUT2D eigenvalue weighted by Gasteiger charge is -2.44. The van der Waals surface area contributed by atoms with Crippen molar-refractivity contribution in [1.82, 2.24) is 5.32 Å². The van der Waals surface area contributed by atoms with Gasteiger partial charge in [0.05, 0.1) is 13.2 Å². The zero-order chi connectivity index (χ0) is 18.6. The molecule has 0 aliphatic carbocycles. The Labute approximate surface area is 145 Å². The summed E-state index contributed by atoms with van der Waals surface area (Å²) in [7, 11) is -1.22. The third-order valence-corrected chi connectivity index (χ3v) is 5.39. The Morgan fingerprint density at radius 1 is 1.25 bits per heavy atom. The van der Waals surface area contributed by atoms with Crippen molar-refractivity contribution < 1.29 is 23.8 Å². The van der Waals surface area contributed by atoms with Crippen LogP contribution in [0.4, 0.5) is 0 Å². The molecule has 0 aromatic heterocycles. The molecule has 1 aliphatic heterocycles. The first-order valence-corrected chi connectivity index (χ1v) is 12.0. The van der Waals surface area contributed by atoms with Crippen LogP contribution in [0, 0.1) is 5.41 Å². The van der Waals surface area contributed by atoms with Crippen molar-refractivity contribution in [1.29, 1.82) is 0 Å². The lowest BCUT2D eigenvalue weighted by molar-refractivity contribution is -0.303. The summed E-state index contributed by atoms with van der Waals surface area (Å²) in [6, 6.07) is 0.915. The number of ether oxygens (including phenoxy) is 3. The Kier molecular flexibility index (Phi) is 6.78. The topological polar surface area (TPSA) is 73.9 Å². The summed E-state index contributed by atoms with van der Waals surface area (Å²) in [6.07, 6.45) is 1.87. The fourth-order valence-corrected chi connectivity index (χ4v) is 2.81. The number of carbonyl (C=O) groups excluding carboxylic acids is 2. The summed E-state index contributed by atoms with van der Waals surface area (Å²) < 4.78 is 16.4. The second-order valence-corrected chi connectivity index (χ2v) is 14.1. The fraction of sp³-hybridized carbons (Fsp3) is 0.765. The Morgan fingerprint density at radius 2 is 1.88 bits per heavy atom. The second kappa shape index (κ2) is 7.80. The van der Waals surface area contributed by atoms with Crippen molar-refractivity contribution in [2.75, 3.05) is 13.2 Å². The van der Waals surface area contributed by atoms with Crippen LogP contribution in [0.15, 0.2) is 12.3 Å². The molecule has 0 bridgehead atoms. The average Bonchev–Trinajstić information content (AvgIpc) is 2.40. The molecule has 1 N–H and O–H groups in total.